The van der Waals surface area contributed by atoms with E-state index < -0.39 is 57.8 Å². The number of carbonyl (C=O) groups is 2. The van der Waals surface area contributed by atoms with Gasteiger partial charge in [-0.3, -0.25) is 9.59 Å². The second kappa shape index (κ2) is 6.50. The van der Waals surface area contributed by atoms with Crippen molar-refractivity contribution in [2.75, 3.05) is 5.88 Å². The Morgan fingerprint density at radius 1 is 1.29 bits per heavy atom. The van der Waals surface area contributed by atoms with Crippen molar-refractivity contribution in [3.63, 3.8) is 0 Å². The maximum absolute atomic E-state index is 16.8. The molecule has 0 unspecified atom stereocenters. The van der Waals surface area contributed by atoms with Gasteiger partial charge in [0.25, 0.3) is 0 Å². The van der Waals surface area contributed by atoms with Crippen LogP contribution in [0.1, 0.15) is 58.8 Å². The van der Waals surface area contributed by atoms with Crippen LogP contribution >= 0.6 is 11.6 Å². The van der Waals surface area contributed by atoms with Gasteiger partial charge in [0.05, 0.1) is 11.3 Å². The lowest BCUT2D eigenvalue weighted by molar-refractivity contribution is -0.351. The molecular weight excluding hydrogens is 387 g/mol. The normalized spacial score (nSPS) is 47.1. The molecule has 0 radical (unpaired) electrons. The molecule has 7 heteroatoms. The van der Waals surface area contributed by atoms with Crippen LogP contribution < -0.4 is 0 Å². The van der Waals surface area contributed by atoms with Gasteiger partial charge in [0.15, 0.2) is 17.2 Å². The van der Waals surface area contributed by atoms with E-state index in [1.54, 1.807) is 6.92 Å². The van der Waals surface area contributed by atoms with Gasteiger partial charge in [0.1, 0.15) is 11.4 Å². The Balaban J connectivity index is 2.15. The number of terminal acetylenes is 1. The van der Waals surface area contributed by atoms with E-state index in [4.69, 9.17) is 18.0 Å². The maximum Gasteiger partial charge on any atom is 0.199 e. The Bertz CT molecular complexity index is 748. The highest BCUT2D eigenvalue weighted by Crippen LogP contribution is 2.70. The van der Waals surface area contributed by atoms with E-state index in [1.165, 1.54) is 6.92 Å². The van der Waals surface area contributed by atoms with Crippen LogP contribution in [-0.4, -0.2) is 49.8 Å². The second-order valence-corrected chi connectivity index (χ2v) is 9.56. The van der Waals surface area contributed by atoms with Gasteiger partial charge in [-0.1, -0.05) is 6.92 Å². The minimum Gasteiger partial charge on any atom is -0.381 e. The second-order valence-electron chi connectivity index (χ2n) is 9.29. The molecule has 5 nitrogen and oxygen atoms in total. The lowest BCUT2D eigenvalue weighted by atomic mass is 9.44. The van der Waals surface area contributed by atoms with Crippen LogP contribution in [0.5, 0.6) is 0 Å². The molecule has 0 aromatic carbocycles. The molecule has 3 rings (SSSR count). The van der Waals surface area contributed by atoms with E-state index in [0.717, 1.165) is 0 Å². The number of halogens is 2. The van der Waals surface area contributed by atoms with Crippen molar-refractivity contribution in [2.45, 2.75) is 75.9 Å². The zero-order valence-corrected chi connectivity index (χ0v) is 17.1. The topological polar surface area (TPSA) is 94.8 Å². The predicted octanol–water partition coefficient (Wildman–Crippen LogP) is 2.13. The van der Waals surface area contributed by atoms with Crippen LogP contribution in [0.25, 0.3) is 0 Å². The third-order valence-corrected chi connectivity index (χ3v) is 8.47. The molecule has 0 bridgehead atoms. The summed E-state index contributed by atoms with van der Waals surface area (Å²) in [5.41, 5.74) is -7.37. The largest absolute Gasteiger partial charge is 0.381 e. The van der Waals surface area contributed by atoms with Crippen LogP contribution in [0.3, 0.4) is 0 Å². The molecule has 3 aliphatic rings. The number of hydrogen-bond donors (Lipinski definition) is 3. The van der Waals surface area contributed by atoms with Gasteiger partial charge in [-0.15, -0.1) is 23.9 Å². The summed E-state index contributed by atoms with van der Waals surface area (Å²) < 4.78 is 16.8. The van der Waals surface area contributed by atoms with E-state index in [0.29, 0.717) is 6.42 Å². The van der Waals surface area contributed by atoms with Gasteiger partial charge in [-0.05, 0) is 38.5 Å². The number of aliphatic hydroxyl groups is 3. The fourth-order valence-corrected chi connectivity index (χ4v) is 6.86. The monoisotopic (exact) mass is 414 g/mol. The molecule has 28 heavy (non-hydrogen) atoms. The van der Waals surface area contributed by atoms with Crippen LogP contribution in [0.2, 0.25) is 0 Å². The molecule has 0 aromatic heterocycles. The first-order valence-corrected chi connectivity index (χ1v) is 10.3. The van der Waals surface area contributed by atoms with Crippen LogP contribution in [-0.2, 0) is 9.59 Å². The molecule has 156 valence electrons. The minimum atomic E-state index is -2.90. The van der Waals surface area contributed by atoms with E-state index in [2.05, 4.69) is 5.92 Å². The van der Waals surface area contributed by atoms with Gasteiger partial charge in [0, 0.05) is 30.6 Å². The Kier molecular flexibility index (Phi) is 5.04. The molecule has 3 fully saturated rings. The average Bonchev–Trinajstić information content (AvgIpc) is 2.89. The van der Waals surface area contributed by atoms with Crippen LogP contribution in [0.15, 0.2) is 0 Å². The van der Waals surface area contributed by atoms with Gasteiger partial charge in [-0.25, -0.2) is 4.39 Å². The molecule has 0 heterocycles. The highest BCUT2D eigenvalue weighted by atomic mass is 35.5. The summed E-state index contributed by atoms with van der Waals surface area (Å²) in [6.07, 6.45) is 5.57. The zero-order chi connectivity index (χ0) is 21.2. The van der Waals surface area contributed by atoms with Gasteiger partial charge >= 0.3 is 0 Å². The Labute approximate surface area is 169 Å². The molecule has 0 saturated heterocycles. The number of Topliss-reactive ketones (excluding diaryl/α,β-unsaturated/α-hetero) is 2. The van der Waals surface area contributed by atoms with Crippen molar-refractivity contribution in [3.8, 4) is 12.3 Å². The lowest BCUT2D eigenvalue weighted by Gasteiger charge is -2.64. The Morgan fingerprint density at radius 2 is 1.93 bits per heavy atom. The predicted molar refractivity (Wildman–Crippen MR) is 101 cm³/mol. The molecule has 3 aliphatic carbocycles. The van der Waals surface area contributed by atoms with Gasteiger partial charge in [0.2, 0.25) is 0 Å². The summed E-state index contributed by atoms with van der Waals surface area (Å²) >= 11 is 5.70. The van der Waals surface area contributed by atoms with Crippen molar-refractivity contribution < 1.29 is 29.3 Å². The Morgan fingerprint density at radius 3 is 2.50 bits per heavy atom. The van der Waals surface area contributed by atoms with E-state index in [1.807, 2.05) is 0 Å². The van der Waals surface area contributed by atoms with Crippen molar-refractivity contribution in [1.82, 2.24) is 0 Å². The Hall–Kier alpha value is -1.00. The number of ketones is 2. The molecule has 0 aliphatic heterocycles. The number of alkyl halides is 2. The fraction of sp³-hybridized carbons (Fsp3) is 0.810. The van der Waals surface area contributed by atoms with Crippen molar-refractivity contribution in [1.29, 1.82) is 0 Å². The molecule has 3 saturated carbocycles. The number of rotatable bonds is 4. The summed E-state index contributed by atoms with van der Waals surface area (Å²) in [4.78, 5) is 25.2. The molecule has 0 aromatic rings. The lowest BCUT2D eigenvalue weighted by Crippen LogP contribution is -2.75. The van der Waals surface area contributed by atoms with Crippen LogP contribution in [0.4, 0.5) is 4.39 Å². The van der Waals surface area contributed by atoms with E-state index >= 15 is 4.39 Å². The quantitative estimate of drug-likeness (QED) is 0.372. The summed E-state index contributed by atoms with van der Waals surface area (Å²) in [6, 6.07) is 0. The molecule has 0 spiro atoms. The van der Waals surface area contributed by atoms with Gasteiger partial charge < -0.3 is 15.3 Å². The molecule has 6 atom stereocenters. The zero-order valence-electron chi connectivity index (χ0n) is 16.3. The van der Waals surface area contributed by atoms with Gasteiger partial charge in [-0.2, -0.15) is 0 Å². The maximum atomic E-state index is 16.8. The van der Waals surface area contributed by atoms with Crippen molar-refractivity contribution in [3.05, 3.63) is 0 Å². The van der Waals surface area contributed by atoms with Crippen LogP contribution in [0, 0.1) is 35.0 Å². The first kappa shape index (κ1) is 21.7. The molecule has 3 N–H and O–H groups in total. The smallest absolute Gasteiger partial charge is 0.199 e. The first-order chi connectivity index (χ1) is 12.9. The average molecular weight is 415 g/mol. The standard InChI is InChI=1S/C21H28ClFO5/c1-4-5-9-17(2)15(24)7-6-14-13-8-10-19(26,16(25)11-22)18(13,3)12-20(27,28)21(14,17)23/h1,13-14,26-28H,5-12H2,2-3H3/t13-,14-,17-,18-,19-,21+/m0/s1. The van der Waals surface area contributed by atoms with Crippen molar-refractivity contribution in [2.24, 2.45) is 22.7 Å². The molecule has 0 amide bonds. The van der Waals surface area contributed by atoms with E-state index in [-0.39, 0.29) is 37.9 Å². The SMILES string of the molecule is C#CCC[C@@]1(C)C(=O)CC[C@H]2[C@@H]3CC[C@](O)(C(=O)CCl)[C@@]3(C)CC(O)(O)[C@@]21F. The summed E-state index contributed by atoms with van der Waals surface area (Å²) in [6.45, 7) is 3.03. The number of hydrogen-bond acceptors (Lipinski definition) is 5. The summed E-state index contributed by atoms with van der Waals surface area (Å²) in [5.74, 6) is -3.24. The number of carbonyl (C=O) groups excluding carboxylic acids is 2. The van der Waals surface area contributed by atoms with Crippen molar-refractivity contribution >= 4 is 23.2 Å². The highest BCUT2D eigenvalue weighted by Gasteiger charge is 2.79. The van der Waals surface area contributed by atoms with E-state index in [9.17, 15) is 24.9 Å². The first-order valence-electron chi connectivity index (χ1n) is 9.78. The number of fused-ring (bicyclic) bond motifs is 3. The third-order valence-electron chi connectivity index (χ3n) is 8.23. The fourth-order valence-electron chi connectivity index (χ4n) is 6.64. The third kappa shape index (κ3) is 2.37. The highest BCUT2D eigenvalue weighted by molar-refractivity contribution is 6.29. The molecular formula is C21H28ClFO5. The minimum absolute atomic E-state index is 0.00646. The summed E-state index contributed by atoms with van der Waals surface area (Å²) in [7, 11) is 0. The summed E-state index contributed by atoms with van der Waals surface area (Å²) in [5, 5.41) is 33.2.